The lowest BCUT2D eigenvalue weighted by molar-refractivity contribution is -0.136. The van der Waals surface area contributed by atoms with Crippen LogP contribution in [0.5, 0.6) is 11.5 Å². The second kappa shape index (κ2) is 6.51. The fourth-order valence-electron chi connectivity index (χ4n) is 3.25. The molecular weight excluding hydrogens is 318 g/mol. The summed E-state index contributed by atoms with van der Waals surface area (Å²) in [5, 5.41) is 10.4. The number of ether oxygens (including phenoxy) is 2. The summed E-state index contributed by atoms with van der Waals surface area (Å²) in [6, 6.07) is 9.58. The smallest absolute Gasteiger partial charge is 0.307 e. The molecule has 0 spiro atoms. The first-order chi connectivity index (χ1) is 12.0. The third kappa shape index (κ3) is 2.93. The molecule has 0 bridgehead atoms. The number of carboxylic acid groups (broad SMARTS) is 1. The third-order valence-electron chi connectivity index (χ3n) is 4.48. The van der Waals surface area contributed by atoms with Crippen molar-refractivity contribution in [3.63, 3.8) is 0 Å². The molecule has 0 aliphatic heterocycles. The summed E-state index contributed by atoms with van der Waals surface area (Å²) < 4.78 is 10.8. The van der Waals surface area contributed by atoms with Crippen LogP contribution in [-0.2, 0) is 11.2 Å². The maximum Gasteiger partial charge on any atom is 0.307 e. The number of aryl methyl sites for hydroxylation is 2. The minimum Gasteiger partial charge on any atom is -0.497 e. The zero-order chi connectivity index (χ0) is 18.1. The fraction of sp³-hybridized carbons (Fsp3) is 0.250. The summed E-state index contributed by atoms with van der Waals surface area (Å²) in [5.41, 5.74) is 5.44. The van der Waals surface area contributed by atoms with E-state index in [-0.39, 0.29) is 6.42 Å². The largest absolute Gasteiger partial charge is 0.497 e. The first-order valence-electron chi connectivity index (χ1n) is 8.01. The minimum atomic E-state index is -0.865. The highest BCUT2D eigenvalue weighted by molar-refractivity contribution is 5.98. The van der Waals surface area contributed by atoms with Crippen LogP contribution >= 0.6 is 0 Å². The predicted molar refractivity (Wildman–Crippen MR) is 97.7 cm³/mol. The maximum absolute atomic E-state index is 11.5. The van der Waals surface area contributed by atoms with Gasteiger partial charge in [-0.2, -0.15) is 0 Å². The van der Waals surface area contributed by atoms with E-state index < -0.39 is 5.97 Å². The Morgan fingerprint density at radius 1 is 1.08 bits per heavy atom. The van der Waals surface area contributed by atoms with E-state index in [1.54, 1.807) is 20.3 Å². The Labute approximate surface area is 146 Å². The van der Waals surface area contributed by atoms with Crippen molar-refractivity contribution in [3.05, 3.63) is 47.0 Å². The number of aromatic amines is 1. The van der Waals surface area contributed by atoms with E-state index in [1.807, 2.05) is 38.1 Å². The molecule has 2 N–H and O–H groups in total. The normalized spacial score (nSPS) is 10.9. The van der Waals surface area contributed by atoms with Gasteiger partial charge in [-0.15, -0.1) is 0 Å². The van der Waals surface area contributed by atoms with Gasteiger partial charge in [-0.05, 0) is 42.7 Å². The highest BCUT2D eigenvalue weighted by atomic mass is 16.5. The predicted octanol–water partition coefficient (Wildman–Crippen LogP) is 4.10. The monoisotopic (exact) mass is 339 g/mol. The molecule has 3 aromatic rings. The Morgan fingerprint density at radius 2 is 1.80 bits per heavy atom. The molecule has 0 saturated heterocycles. The van der Waals surface area contributed by atoms with E-state index in [2.05, 4.69) is 4.98 Å². The molecule has 3 rings (SSSR count). The molecule has 5 nitrogen and oxygen atoms in total. The first-order valence-corrected chi connectivity index (χ1v) is 8.01. The lowest BCUT2D eigenvalue weighted by Crippen LogP contribution is -2.02. The zero-order valence-electron chi connectivity index (χ0n) is 14.8. The second-order valence-corrected chi connectivity index (χ2v) is 6.06. The number of carboxylic acids is 1. The first kappa shape index (κ1) is 16.9. The molecule has 25 heavy (non-hydrogen) atoms. The van der Waals surface area contributed by atoms with Crippen LogP contribution in [-0.4, -0.2) is 30.3 Å². The molecule has 0 fully saturated rings. The van der Waals surface area contributed by atoms with Crippen molar-refractivity contribution >= 4 is 16.9 Å². The number of rotatable bonds is 5. The number of benzene rings is 2. The van der Waals surface area contributed by atoms with E-state index in [9.17, 15) is 9.90 Å². The molecule has 0 aliphatic rings. The SMILES string of the molecule is COc1ccc(-c2[nH]c3c(C)ccc(C)c3c2CC(=O)O)c(OC)c1. The summed E-state index contributed by atoms with van der Waals surface area (Å²) in [6.07, 6.45) is -0.0607. The van der Waals surface area contributed by atoms with Crippen LogP contribution < -0.4 is 9.47 Å². The second-order valence-electron chi connectivity index (χ2n) is 6.06. The van der Waals surface area contributed by atoms with E-state index >= 15 is 0 Å². The number of carbonyl (C=O) groups is 1. The maximum atomic E-state index is 11.5. The van der Waals surface area contributed by atoms with Gasteiger partial charge in [0.25, 0.3) is 0 Å². The Hall–Kier alpha value is -2.95. The van der Waals surface area contributed by atoms with Gasteiger partial charge in [-0.25, -0.2) is 0 Å². The molecule has 0 unspecified atom stereocenters. The molecule has 0 radical (unpaired) electrons. The number of nitrogens with one attached hydrogen (secondary N) is 1. The van der Waals surface area contributed by atoms with Crippen molar-refractivity contribution in [2.75, 3.05) is 14.2 Å². The van der Waals surface area contributed by atoms with E-state index in [1.165, 1.54) is 0 Å². The van der Waals surface area contributed by atoms with Crippen molar-refractivity contribution in [2.24, 2.45) is 0 Å². The Bertz CT molecular complexity index is 956. The number of fused-ring (bicyclic) bond motifs is 1. The molecule has 1 aromatic heterocycles. The Kier molecular flexibility index (Phi) is 4.40. The zero-order valence-corrected chi connectivity index (χ0v) is 14.8. The van der Waals surface area contributed by atoms with Gasteiger partial charge in [0.1, 0.15) is 11.5 Å². The number of methoxy groups -OCH3 is 2. The Morgan fingerprint density at radius 3 is 2.44 bits per heavy atom. The highest BCUT2D eigenvalue weighted by Crippen LogP contribution is 2.39. The number of hydrogen-bond donors (Lipinski definition) is 2. The van der Waals surface area contributed by atoms with Crippen LogP contribution in [0.15, 0.2) is 30.3 Å². The molecule has 130 valence electrons. The molecule has 0 aliphatic carbocycles. The number of aliphatic carboxylic acids is 1. The van der Waals surface area contributed by atoms with Gasteiger partial charge in [0.15, 0.2) is 0 Å². The van der Waals surface area contributed by atoms with Crippen molar-refractivity contribution in [2.45, 2.75) is 20.3 Å². The summed E-state index contributed by atoms with van der Waals surface area (Å²) in [5.74, 6) is 0.451. The van der Waals surface area contributed by atoms with Crippen LogP contribution in [0.1, 0.15) is 16.7 Å². The van der Waals surface area contributed by atoms with Crippen LogP contribution in [0.2, 0.25) is 0 Å². The van der Waals surface area contributed by atoms with E-state index in [4.69, 9.17) is 9.47 Å². The lowest BCUT2D eigenvalue weighted by Gasteiger charge is -2.11. The molecule has 1 heterocycles. The lowest BCUT2D eigenvalue weighted by atomic mass is 9.98. The highest BCUT2D eigenvalue weighted by Gasteiger charge is 2.21. The van der Waals surface area contributed by atoms with Crippen molar-refractivity contribution in [3.8, 4) is 22.8 Å². The average Bonchev–Trinajstić information content (AvgIpc) is 2.97. The van der Waals surface area contributed by atoms with Crippen molar-refractivity contribution < 1.29 is 19.4 Å². The van der Waals surface area contributed by atoms with E-state index in [0.717, 1.165) is 38.9 Å². The average molecular weight is 339 g/mol. The van der Waals surface area contributed by atoms with E-state index in [0.29, 0.717) is 11.5 Å². The van der Waals surface area contributed by atoms with Crippen LogP contribution in [0.4, 0.5) is 0 Å². The van der Waals surface area contributed by atoms with Crippen LogP contribution in [0.3, 0.4) is 0 Å². The van der Waals surface area contributed by atoms with Crippen molar-refractivity contribution in [1.82, 2.24) is 4.98 Å². The summed E-state index contributed by atoms with van der Waals surface area (Å²) in [4.78, 5) is 14.9. The summed E-state index contributed by atoms with van der Waals surface area (Å²) >= 11 is 0. The molecule has 0 saturated carbocycles. The van der Waals surface area contributed by atoms with Crippen LogP contribution in [0, 0.1) is 13.8 Å². The summed E-state index contributed by atoms with van der Waals surface area (Å²) in [7, 11) is 3.19. The number of hydrogen-bond acceptors (Lipinski definition) is 3. The summed E-state index contributed by atoms with van der Waals surface area (Å²) in [6.45, 7) is 4.01. The van der Waals surface area contributed by atoms with Gasteiger partial charge in [-0.1, -0.05) is 12.1 Å². The minimum absolute atomic E-state index is 0.0607. The van der Waals surface area contributed by atoms with Gasteiger partial charge < -0.3 is 19.6 Å². The topological polar surface area (TPSA) is 71.6 Å². The molecule has 5 heteroatoms. The van der Waals surface area contributed by atoms with Gasteiger partial charge in [0.2, 0.25) is 0 Å². The molecule has 2 aromatic carbocycles. The van der Waals surface area contributed by atoms with Gasteiger partial charge in [-0.3, -0.25) is 4.79 Å². The van der Waals surface area contributed by atoms with Gasteiger partial charge >= 0.3 is 5.97 Å². The quantitative estimate of drug-likeness (QED) is 0.734. The Balaban J connectivity index is 2.34. The third-order valence-corrected chi connectivity index (χ3v) is 4.48. The number of aromatic nitrogens is 1. The molecule has 0 amide bonds. The van der Waals surface area contributed by atoms with Gasteiger partial charge in [0, 0.05) is 22.5 Å². The molecular formula is C20H21NO4. The fourth-order valence-corrected chi connectivity index (χ4v) is 3.25. The van der Waals surface area contributed by atoms with Crippen LogP contribution in [0.25, 0.3) is 22.2 Å². The number of H-pyrrole nitrogens is 1. The van der Waals surface area contributed by atoms with Crippen molar-refractivity contribution in [1.29, 1.82) is 0 Å². The standard InChI is InChI=1S/C20H21NO4/c1-11-5-6-12(2)19-18(11)15(10-17(22)23)20(21-19)14-8-7-13(24-3)9-16(14)25-4/h5-9,21H,10H2,1-4H3,(H,22,23). The van der Waals surface area contributed by atoms with Gasteiger partial charge in [0.05, 0.1) is 26.3 Å². The molecule has 0 atom stereocenters.